The molecule has 2 heteroatoms. The van der Waals surface area contributed by atoms with Crippen molar-refractivity contribution in [2.24, 2.45) is 0 Å². The maximum atomic E-state index is 12.3. The number of aryl methyl sites for hydroxylation is 1. The fraction of sp³-hybridized carbons (Fsp3) is 0.533. The first kappa shape index (κ1) is 13.8. The highest BCUT2D eigenvalue weighted by Gasteiger charge is 2.14. The maximum Gasteiger partial charge on any atom is 0.254 e. The molecule has 0 aliphatic rings. The molecule has 0 aromatic heterocycles. The minimum absolute atomic E-state index is 0.168. The molecular weight excluding hydrogens is 210 g/mol. The van der Waals surface area contributed by atoms with E-state index < -0.39 is 0 Å². The zero-order valence-corrected chi connectivity index (χ0v) is 11.2. The highest BCUT2D eigenvalue weighted by atomic mass is 16.2. The Labute approximate surface area is 105 Å². The Morgan fingerprint density at radius 1 is 1.18 bits per heavy atom. The minimum atomic E-state index is 0.168. The Hall–Kier alpha value is -1.31. The molecule has 17 heavy (non-hydrogen) atoms. The number of carbonyl (C=O) groups excluding carboxylic acids is 1. The van der Waals surface area contributed by atoms with Crippen LogP contribution in [0.2, 0.25) is 0 Å². The Bertz CT molecular complexity index is 360. The van der Waals surface area contributed by atoms with Gasteiger partial charge >= 0.3 is 0 Å². The Morgan fingerprint density at radius 2 is 1.88 bits per heavy atom. The largest absolute Gasteiger partial charge is 0.339 e. The summed E-state index contributed by atoms with van der Waals surface area (Å²) >= 11 is 0. The topological polar surface area (TPSA) is 20.3 Å². The molecule has 0 fully saturated rings. The monoisotopic (exact) mass is 233 g/mol. The number of hydrogen-bond acceptors (Lipinski definition) is 1. The zero-order chi connectivity index (χ0) is 12.7. The van der Waals surface area contributed by atoms with Gasteiger partial charge in [0.2, 0.25) is 0 Å². The van der Waals surface area contributed by atoms with Gasteiger partial charge in [0.25, 0.3) is 5.91 Å². The third kappa shape index (κ3) is 3.88. The molecule has 0 spiro atoms. The standard InChI is InChI=1S/C15H23NO/c1-4-6-9-12-16(5-2)15(17)14-11-8-7-10-13(14)3/h7-8,10-11H,4-6,9,12H2,1-3H3. The first-order valence-corrected chi connectivity index (χ1v) is 6.55. The van der Waals surface area contributed by atoms with Crippen molar-refractivity contribution >= 4 is 5.91 Å². The maximum absolute atomic E-state index is 12.3. The Kier molecular flexibility index (Phi) is 5.75. The van der Waals surface area contributed by atoms with Crippen LogP contribution in [0.3, 0.4) is 0 Å². The predicted molar refractivity (Wildman–Crippen MR) is 72.3 cm³/mol. The molecule has 1 amide bonds. The van der Waals surface area contributed by atoms with Crippen molar-refractivity contribution in [2.45, 2.75) is 40.0 Å². The lowest BCUT2D eigenvalue weighted by Crippen LogP contribution is -2.32. The van der Waals surface area contributed by atoms with Gasteiger partial charge in [0.05, 0.1) is 0 Å². The number of amides is 1. The smallest absolute Gasteiger partial charge is 0.254 e. The summed E-state index contributed by atoms with van der Waals surface area (Å²) in [5, 5.41) is 0. The van der Waals surface area contributed by atoms with Gasteiger partial charge in [0, 0.05) is 18.7 Å². The molecule has 0 bridgehead atoms. The van der Waals surface area contributed by atoms with E-state index in [2.05, 4.69) is 6.92 Å². The lowest BCUT2D eigenvalue weighted by Gasteiger charge is -2.21. The molecule has 0 N–H and O–H groups in total. The van der Waals surface area contributed by atoms with Crippen molar-refractivity contribution in [3.05, 3.63) is 35.4 Å². The van der Waals surface area contributed by atoms with E-state index in [1.54, 1.807) is 0 Å². The summed E-state index contributed by atoms with van der Waals surface area (Å²) in [5.74, 6) is 0.168. The molecule has 0 unspecified atom stereocenters. The molecular formula is C15H23NO. The van der Waals surface area contributed by atoms with Crippen LogP contribution in [-0.2, 0) is 0 Å². The third-order valence-corrected chi connectivity index (χ3v) is 3.08. The van der Waals surface area contributed by atoms with E-state index in [0.29, 0.717) is 0 Å². The molecule has 0 saturated heterocycles. The minimum Gasteiger partial charge on any atom is -0.339 e. The summed E-state index contributed by atoms with van der Waals surface area (Å²) < 4.78 is 0. The van der Waals surface area contributed by atoms with Gasteiger partial charge < -0.3 is 4.90 Å². The Morgan fingerprint density at radius 3 is 2.47 bits per heavy atom. The number of hydrogen-bond donors (Lipinski definition) is 0. The summed E-state index contributed by atoms with van der Waals surface area (Å²) in [6.07, 6.45) is 3.48. The highest BCUT2D eigenvalue weighted by Crippen LogP contribution is 2.11. The van der Waals surface area contributed by atoms with Gasteiger partial charge in [0.15, 0.2) is 0 Å². The SMILES string of the molecule is CCCCCN(CC)C(=O)c1ccccc1C. The van der Waals surface area contributed by atoms with Gasteiger partial charge in [-0.05, 0) is 31.9 Å². The van der Waals surface area contributed by atoms with E-state index in [0.717, 1.165) is 30.6 Å². The second-order valence-electron chi connectivity index (χ2n) is 4.41. The number of rotatable bonds is 6. The van der Waals surface area contributed by atoms with Crippen LogP contribution >= 0.6 is 0 Å². The average Bonchev–Trinajstić information content (AvgIpc) is 2.35. The predicted octanol–water partition coefficient (Wildman–Crippen LogP) is 3.65. The van der Waals surface area contributed by atoms with Crippen molar-refractivity contribution in [1.82, 2.24) is 4.90 Å². The van der Waals surface area contributed by atoms with Gasteiger partial charge in [-0.2, -0.15) is 0 Å². The van der Waals surface area contributed by atoms with Crippen LogP contribution in [0.25, 0.3) is 0 Å². The van der Waals surface area contributed by atoms with E-state index in [4.69, 9.17) is 0 Å². The quantitative estimate of drug-likeness (QED) is 0.687. The molecule has 0 aliphatic carbocycles. The van der Waals surface area contributed by atoms with Gasteiger partial charge in [-0.1, -0.05) is 38.0 Å². The molecule has 94 valence electrons. The highest BCUT2D eigenvalue weighted by molar-refractivity contribution is 5.95. The van der Waals surface area contributed by atoms with Crippen molar-refractivity contribution in [1.29, 1.82) is 0 Å². The van der Waals surface area contributed by atoms with E-state index in [-0.39, 0.29) is 5.91 Å². The van der Waals surface area contributed by atoms with Gasteiger partial charge in [-0.25, -0.2) is 0 Å². The normalized spacial score (nSPS) is 10.3. The van der Waals surface area contributed by atoms with E-state index >= 15 is 0 Å². The summed E-state index contributed by atoms with van der Waals surface area (Å²) in [5.41, 5.74) is 1.90. The number of carbonyl (C=O) groups is 1. The van der Waals surface area contributed by atoms with Gasteiger partial charge in [0.1, 0.15) is 0 Å². The first-order chi connectivity index (χ1) is 8.20. The van der Waals surface area contributed by atoms with Crippen molar-refractivity contribution in [3.63, 3.8) is 0 Å². The van der Waals surface area contributed by atoms with Crippen LogP contribution in [0.1, 0.15) is 49.0 Å². The summed E-state index contributed by atoms with van der Waals surface area (Å²) in [7, 11) is 0. The second kappa shape index (κ2) is 7.10. The fourth-order valence-corrected chi connectivity index (χ4v) is 1.94. The molecule has 0 radical (unpaired) electrons. The van der Waals surface area contributed by atoms with Crippen molar-refractivity contribution < 1.29 is 4.79 Å². The zero-order valence-electron chi connectivity index (χ0n) is 11.2. The van der Waals surface area contributed by atoms with Crippen molar-refractivity contribution in [2.75, 3.05) is 13.1 Å². The molecule has 1 rings (SSSR count). The van der Waals surface area contributed by atoms with Gasteiger partial charge in [-0.3, -0.25) is 4.79 Å². The number of benzene rings is 1. The van der Waals surface area contributed by atoms with Crippen LogP contribution < -0.4 is 0 Å². The number of nitrogens with zero attached hydrogens (tertiary/aromatic N) is 1. The molecule has 1 aromatic carbocycles. The fourth-order valence-electron chi connectivity index (χ4n) is 1.94. The second-order valence-corrected chi connectivity index (χ2v) is 4.41. The average molecular weight is 233 g/mol. The number of unbranched alkanes of at least 4 members (excludes halogenated alkanes) is 2. The molecule has 1 aromatic rings. The molecule has 0 atom stereocenters. The lowest BCUT2D eigenvalue weighted by atomic mass is 10.1. The van der Waals surface area contributed by atoms with Gasteiger partial charge in [-0.15, -0.1) is 0 Å². The summed E-state index contributed by atoms with van der Waals surface area (Å²) in [6.45, 7) is 7.88. The van der Waals surface area contributed by atoms with Crippen LogP contribution in [0, 0.1) is 6.92 Å². The van der Waals surface area contributed by atoms with Crippen LogP contribution in [-0.4, -0.2) is 23.9 Å². The molecule has 0 saturated carbocycles. The molecule has 0 aliphatic heterocycles. The van der Waals surface area contributed by atoms with Crippen LogP contribution in [0.15, 0.2) is 24.3 Å². The summed E-state index contributed by atoms with van der Waals surface area (Å²) in [6, 6.07) is 7.81. The van der Waals surface area contributed by atoms with E-state index in [9.17, 15) is 4.79 Å². The Balaban J connectivity index is 2.69. The van der Waals surface area contributed by atoms with Crippen LogP contribution in [0.4, 0.5) is 0 Å². The first-order valence-electron chi connectivity index (χ1n) is 6.55. The van der Waals surface area contributed by atoms with Crippen LogP contribution in [0.5, 0.6) is 0 Å². The van der Waals surface area contributed by atoms with E-state index in [1.807, 2.05) is 43.0 Å². The molecule has 2 nitrogen and oxygen atoms in total. The lowest BCUT2D eigenvalue weighted by molar-refractivity contribution is 0.0761. The van der Waals surface area contributed by atoms with E-state index in [1.165, 1.54) is 12.8 Å². The molecule has 0 heterocycles. The summed E-state index contributed by atoms with van der Waals surface area (Å²) in [4.78, 5) is 14.3. The van der Waals surface area contributed by atoms with Crippen molar-refractivity contribution in [3.8, 4) is 0 Å². The third-order valence-electron chi connectivity index (χ3n) is 3.08.